The molecule has 0 bridgehead atoms. The summed E-state index contributed by atoms with van der Waals surface area (Å²) in [5.41, 5.74) is 1.20. The first-order valence-electron chi connectivity index (χ1n) is 8.53. The quantitative estimate of drug-likeness (QED) is 0.585. The first kappa shape index (κ1) is 18.4. The molecule has 1 aromatic rings. The van der Waals surface area contributed by atoms with Crippen LogP contribution in [0.1, 0.15) is 18.4 Å². The molecule has 2 N–H and O–H groups in total. The monoisotopic (exact) mass is 334 g/mol. The molecule has 0 aliphatic carbocycles. The van der Waals surface area contributed by atoms with Gasteiger partial charge >= 0.3 is 0 Å². The lowest BCUT2D eigenvalue weighted by atomic mass is 10.1. The summed E-state index contributed by atoms with van der Waals surface area (Å²) in [5.74, 6) is 2.38. The average Bonchev–Trinajstić information content (AvgIpc) is 3.02. The highest BCUT2D eigenvalue weighted by Gasteiger charge is 2.20. The number of guanidine groups is 1. The van der Waals surface area contributed by atoms with Crippen molar-refractivity contribution in [3.63, 3.8) is 0 Å². The van der Waals surface area contributed by atoms with Crippen LogP contribution in [0.4, 0.5) is 0 Å². The van der Waals surface area contributed by atoms with E-state index < -0.39 is 0 Å². The summed E-state index contributed by atoms with van der Waals surface area (Å²) in [6, 6.07) is 6.63. The van der Waals surface area contributed by atoms with E-state index in [9.17, 15) is 0 Å². The second-order valence-corrected chi connectivity index (χ2v) is 6.10. The van der Waals surface area contributed by atoms with Crippen molar-refractivity contribution >= 4 is 5.96 Å². The molecule has 1 saturated heterocycles. The predicted molar refractivity (Wildman–Crippen MR) is 98.3 cm³/mol. The van der Waals surface area contributed by atoms with E-state index in [4.69, 9.17) is 9.47 Å². The van der Waals surface area contributed by atoms with Gasteiger partial charge in [0, 0.05) is 26.2 Å². The van der Waals surface area contributed by atoms with Crippen molar-refractivity contribution in [2.75, 3.05) is 47.9 Å². The summed E-state index contributed by atoms with van der Waals surface area (Å²) >= 11 is 0. The van der Waals surface area contributed by atoms with E-state index in [2.05, 4.69) is 33.6 Å². The maximum atomic E-state index is 5.34. The molecule has 1 fully saturated rings. The van der Waals surface area contributed by atoms with Gasteiger partial charge in [0.2, 0.25) is 0 Å². The Kier molecular flexibility index (Phi) is 7.18. The number of likely N-dealkylation sites (N-methyl/N-ethyl adjacent to an activating group) is 1. The van der Waals surface area contributed by atoms with E-state index in [0.717, 1.165) is 37.0 Å². The van der Waals surface area contributed by atoms with Crippen LogP contribution in [0.5, 0.6) is 11.5 Å². The number of nitrogens with one attached hydrogen (secondary N) is 2. The molecule has 0 saturated carbocycles. The average molecular weight is 334 g/mol. The highest BCUT2D eigenvalue weighted by molar-refractivity contribution is 5.79. The zero-order valence-corrected chi connectivity index (χ0v) is 15.3. The van der Waals surface area contributed by atoms with Gasteiger partial charge in [-0.15, -0.1) is 0 Å². The van der Waals surface area contributed by atoms with Gasteiger partial charge in [0.15, 0.2) is 17.5 Å². The third kappa shape index (κ3) is 5.03. The predicted octanol–water partition coefficient (Wildman–Crippen LogP) is 1.51. The third-order valence-corrected chi connectivity index (χ3v) is 4.55. The van der Waals surface area contributed by atoms with E-state index >= 15 is 0 Å². The number of hydrogen-bond donors (Lipinski definition) is 2. The fourth-order valence-electron chi connectivity index (χ4n) is 3.03. The van der Waals surface area contributed by atoms with E-state index in [1.165, 1.54) is 24.9 Å². The summed E-state index contributed by atoms with van der Waals surface area (Å²) < 4.78 is 10.6. The topological polar surface area (TPSA) is 58.1 Å². The van der Waals surface area contributed by atoms with Crippen LogP contribution in [0, 0.1) is 0 Å². The van der Waals surface area contributed by atoms with Crippen LogP contribution in [0.25, 0.3) is 0 Å². The van der Waals surface area contributed by atoms with E-state index in [0.29, 0.717) is 6.04 Å². The Morgan fingerprint density at radius 3 is 2.67 bits per heavy atom. The van der Waals surface area contributed by atoms with E-state index in [1.54, 1.807) is 14.2 Å². The molecule has 6 heteroatoms. The minimum Gasteiger partial charge on any atom is -0.493 e. The Morgan fingerprint density at radius 2 is 2.04 bits per heavy atom. The van der Waals surface area contributed by atoms with Crippen LogP contribution >= 0.6 is 0 Å². The van der Waals surface area contributed by atoms with Gasteiger partial charge in [-0.05, 0) is 50.6 Å². The number of ether oxygens (including phenoxy) is 2. The molecule has 24 heavy (non-hydrogen) atoms. The molecule has 1 aromatic carbocycles. The summed E-state index contributed by atoms with van der Waals surface area (Å²) in [4.78, 5) is 6.70. The Morgan fingerprint density at radius 1 is 1.25 bits per heavy atom. The van der Waals surface area contributed by atoms with Gasteiger partial charge in [0.05, 0.1) is 14.2 Å². The summed E-state index contributed by atoms with van der Waals surface area (Å²) in [7, 11) is 7.30. The standard InChI is InChI=1S/C18H30N4O2/c1-19-18(21-13-15-6-5-11-22(15)2)20-10-9-14-7-8-16(23-3)17(12-14)24-4/h7-8,12,15H,5-6,9-11,13H2,1-4H3,(H2,19,20,21). The molecule has 1 aliphatic heterocycles. The number of hydrogen-bond acceptors (Lipinski definition) is 4. The van der Waals surface area contributed by atoms with E-state index in [1.807, 2.05) is 19.2 Å². The summed E-state index contributed by atoms with van der Waals surface area (Å²) in [6.45, 7) is 2.94. The van der Waals surface area contributed by atoms with Gasteiger partial charge in [-0.25, -0.2) is 0 Å². The second-order valence-electron chi connectivity index (χ2n) is 6.10. The van der Waals surface area contributed by atoms with Gasteiger partial charge < -0.3 is 25.0 Å². The molecular formula is C18H30N4O2. The lowest BCUT2D eigenvalue weighted by molar-refractivity contribution is 0.309. The van der Waals surface area contributed by atoms with Crippen molar-refractivity contribution in [1.82, 2.24) is 15.5 Å². The minimum absolute atomic E-state index is 0.606. The molecule has 1 unspecified atom stereocenters. The van der Waals surface area contributed by atoms with Crippen LogP contribution in [0.2, 0.25) is 0 Å². The first-order valence-corrected chi connectivity index (χ1v) is 8.53. The molecule has 0 amide bonds. The zero-order valence-electron chi connectivity index (χ0n) is 15.3. The maximum absolute atomic E-state index is 5.34. The van der Waals surface area contributed by atoms with Crippen LogP contribution in [-0.2, 0) is 6.42 Å². The Labute approximate surface area is 145 Å². The normalized spacial score (nSPS) is 18.5. The van der Waals surface area contributed by atoms with Crippen molar-refractivity contribution in [3.05, 3.63) is 23.8 Å². The Hall–Kier alpha value is -1.95. The fourth-order valence-corrected chi connectivity index (χ4v) is 3.03. The highest BCUT2D eigenvalue weighted by atomic mass is 16.5. The molecule has 1 heterocycles. The Balaban J connectivity index is 1.77. The smallest absolute Gasteiger partial charge is 0.191 e. The number of nitrogens with zero attached hydrogens (tertiary/aromatic N) is 2. The van der Waals surface area contributed by atoms with Gasteiger partial charge in [0.25, 0.3) is 0 Å². The molecule has 0 spiro atoms. The van der Waals surface area contributed by atoms with Crippen LogP contribution < -0.4 is 20.1 Å². The number of rotatable bonds is 7. The molecule has 6 nitrogen and oxygen atoms in total. The maximum Gasteiger partial charge on any atom is 0.191 e. The van der Waals surface area contributed by atoms with Crippen molar-refractivity contribution in [3.8, 4) is 11.5 Å². The number of methoxy groups -OCH3 is 2. The molecule has 0 aromatic heterocycles. The molecule has 134 valence electrons. The van der Waals surface area contributed by atoms with Crippen molar-refractivity contribution in [2.24, 2.45) is 4.99 Å². The zero-order chi connectivity index (χ0) is 17.4. The van der Waals surface area contributed by atoms with E-state index in [-0.39, 0.29) is 0 Å². The molecule has 0 radical (unpaired) electrons. The van der Waals surface area contributed by atoms with Crippen molar-refractivity contribution < 1.29 is 9.47 Å². The van der Waals surface area contributed by atoms with Crippen molar-refractivity contribution in [1.29, 1.82) is 0 Å². The molecule has 1 atom stereocenters. The molecular weight excluding hydrogens is 304 g/mol. The summed E-state index contributed by atoms with van der Waals surface area (Å²) in [5, 5.41) is 6.79. The van der Waals surface area contributed by atoms with Crippen molar-refractivity contribution in [2.45, 2.75) is 25.3 Å². The van der Waals surface area contributed by atoms with Crippen LogP contribution in [-0.4, -0.2) is 64.9 Å². The van der Waals surface area contributed by atoms with Crippen LogP contribution in [0.15, 0.2) is 23.2 Å². The largest absolute Gasteiger partial charge is 0.493 e. The lowest BCUT2D eigenvalue weighted by Crippen LogP contribution is -2.44. The minimum atomic E-state index is 0.606. The summed E-state index contributed by atoms with van der Waals surface area (Å²) in [6.07, 6.45) is 3.44. The molecule has 1 aliphatic rings. The third-order valence-electron chi connectivity index (χ3n) is 4.55. The first-order chi connectivity index (χ1) is 11.7. The number of likely N-dealkylation sites (tertiary alicyclic amines) is 1. The number of benzene rings is 1. The highest BCUT2D eigenvalue weighted by Crippen LogP contribution is 2.27. The van der Waals surface area contributed by atoms with Crippen LogP contribution in [0.3, 0.4) is 0 Å². The SMILES string of the molecule is CN=C(NCCc1ccc(OC)c(OC)c1)NCC1CCCN1C. The van der Waals surface area contributed by atoms with Gasteiger partial charge in [-0.2, -0.15) is 0 Å². The van der Waals surface area contributed by atoms with Gasteiger partial charge in [-0.1, -0.05) is 6.07 Å². The van der Waals surface area contributed by atoms with Gasteiger partial charge in [-0.3, -0.25) is 4.99 Å². The lowest BCUT2D eigenvalue weighted by Gasteiger charge is -2.21. The second kappa shape index (κ2) is 9.37. The fraction of sp³-hybridized carbons (Fsp3) is 0.611. The number of aliphatic imine (C=N–C) groups is 1. The molecule has 2 rings (SSSR count). The van der Waals surface area contributed by atoms with Gasteiger partial charge in [0.1, 0.15) is 0 Å². The Bertz CT molecular complexity index is 548.